The van der Waals surface area contributed by atoms with Crippen LogP contribution in [0.5, 0.6) is 0 Å². The lowest BCUT2D eigenvalue weighted by atomic mass is 10.2. The lowest BCUT2D eigenvalue weighted by Gasteiger charge is -2.27. The van der Waals surface area contributed by atoms with Gasteiger partial charge in [0.1, 0.15) is 5.82 Å². The lowest BCUT2D eigenvalue weighted by Crippen LogP contribution is -2.34. The van der Waals surface area contributed by atoms with Gasteiger partial charge in [0.05, 0.1) is 16.7 Å². The molecule has 0 saturated carbocycles. The topological polar surface area (TPSA) is 46.8 Å². The van der Waals surface area contributed by atoms with Gasteiger partial charge in [-0.15, -0.1) is 0 Å². The molecule has 23 heavy (non-hydrogen) atoms. The Kier molecular flexibility index (Phi) is 3.48. The minimum Gasteiger partial charge on any atom is -0.350 e. The molecule has 5 nitrogen and oxygen atoms in total. The number of imidazole rings is 1. The number of rotatable bonds is 3. The van der Waals surface area contributed by atoms with E-state index in [0.717, 1.165) is 41.5 Å². The third-order valence-corrected chi connectivity index (χ3v) is 4.70. The average Bonchev–Trinajstić information content (AvgIpc) is 3.17. The SMILES string of the molecule is Cc1nc2ccccc2nc1N1CCCC1Cn1ccnc1C. The van der Waals surface area contributed by atoms with Crippen molar-refractivity contribution in [3.8, 4) is 0 Å². The molecule has 118 valence electrons. The normalized spacial score (nSPS) is 18.0. The molecular formula is C18H21N5. The van der Waals surface area contributed by atoms with Crippen molar-refractivity contribution in [2.75, 3.05) is 11.4 Å². The zero-order valence-electron chi connectivity index (χ0n) is 13.6. The molecule has 1 unspecified atom stereocenters. The van der Waals surface area contributed by atoms with E-state index in [-0.39, 0.29) is 0 Å². The maximum absolute atomic E-state index is 4.90. The van der Waals surface area contributed by atoms with Crippen LogP contribution in [0, 0.1) is 13.8 Å². The Bertz CT molecular complexity index is 838. The number of benzene rings is 1. The van der Waals surface area contributed by atoms with Crippen LogP contribution < -0.4 is 4.90 Å². The molecular weight excluding hydrogens is 286 g/mol. The predicted molar refractivity (Wildman–Crippen MR) is 91.6 cm³/mol. The molecule has 4 rings (SSSR count). The summed E-state index contributed by atoms with van der Waals surface area (Å²) in [6.45, 7) is 6.12. The van der Waals surface area contributed by atoms with E-state index in [1.54, 1.807) is 0 Å². The standard InChI is InChI=1S/C18H21N5/c1-13-18(21-17-8-4-3-7-16(17)20-13)23-10-5-6-15(23)12-22-11-9-19-14(22)2/h3-4,7-9,11,15H,5-6,10,12H2,1-2H3. The average molecular weight is 307 g/mol. The Labute approximate surface area is 136 Å². The first-order valence-electron chi connectivity index (χ1n) is 8.20. The van der Waals surface area contributed by atoms with Crippen molar-refractivity contribution in [2.45, 2.75) is 39.3 Å². The van der Waals surface area contributed by atoms with E-state index in [9.17, 15) is 0 Å². The molecule has 1 atom stereocenters. The van der Waals surface area contributed by atoms with Crippen molar-refractivity contribution >= 4 is 16.9 Å². The van der Waals surface area contributed by atoms with Gasteiger partial charge in [0.15, 0.2) is 5.82 Å². The van der Waals surface area contributed by atoms with Crippen molar-refractivity contribution in [1.29, 1.82) is 0 Å². The fourth-order valence-corrected chi connectivity index (χ4v) is 3.48. The Hall–Kier alpha value is -2.43. The summed E-state index contributed by atoms with van der Waals surface area (Å²) < 4.78 is 2.23. The zero-order valence-corrected chi connectivity index (χ0v) is 13.6. The lowest BCUT2D eigenvalue weighted by molar-refractivity contribution is 0.537. The molecule has 1 aliphatic heterocycles. The number of hydrogen-bond donors (Lipinski definition) is 0. The van der Waals surface area contributed by atoms with Crippen molar-refractivity contribution in [2.24, 2.45) is 0 Å². The molecule has 0 bridgehead atoms. The Morgan fingerprint density at radius 2 is 1.91 bits per heavy atom. The van der Waals surface area contributed by atoms with Gasteiger partial charge < -0.3 is 9.47 Å². The highest BCUT2D eigenvalue weighted by atomic mass is 15.3. The second-order valence-electron chi connectivity index (χ2n) is 6.24. The molecule has 5 heteroatoms. The highest BCUT2D eigenvalue weighted by molar-refractivity contribution is 5.76. The highest BCUT2D eigenvalue weighted by Gasteiger charge is 2.28. The summed E-state index contributed by atoms with van der Waals surface area (Å²) in [6.07, 6.45) is 6.32. The molecule has 3 aromatic rings. The van der Waals surface area contributed by atoms with E-state index >= 15 is 0 Å². The largest absolute Gasteiger partial charge is 0.350 e. The van der Waals surface area contributed by atoms with Crippen LogP contribution in [0.3, 0.4) is 0 Å². The minimum atomic E-state index is 0.456. The molecule has 1 aliphatic rings. The van der Waals surface area contributed by atoms with E-state index in [0.29, 0.717) is 6.04 Å². The molecule has 0 aliphatic carbocycles. The predicted octanol–water partition coefficient (Wildman–Crippen LogP) is 3.11. The summed E-state index contributed by atoms with van der Waals surface area (Å²) >= 11 is 0. The van der Waals surface area contributed by atoms with Crippen LogP contribution in [0.25, 0.3) is 11.0 Å². The molecule has 0 spiro atoms. The summed E-state index contributed by atoms with van der Waals surface area (Å²) in [5.41, 5.74) is 2.95. The van der Waals surface area contributed by atoms with Gasteiger partial charge in [-0.05, 0) is 38.8 Å². The van der Waals surface area contributed by atoms with Crippen LogP contribution in [-0.4, -0.2) is 32.1 Å². The third-order valence-electron chi connectivity index (χ3n) is 4.70. The number of nitrogens with zero attached hydrogens (tertiary/aromatic N) is 5. The highest BCUT2D eigenvalue weighted by Crippen LogP contribution is 2.28. The van der Waals surface area contributed by atoms with Gasteiger partial charge in [0, 0.05) is 31.5 Å². The summed E-state index contributed by atoms with van der Waals surface area (Å²) in [5.74, 6) is 2.10. The van der Waals surface area contributed by atoms with Gasteiger partial charge in [0.2, 0.25) is 0 Å². The Balaban J connectivity index is 1.68. The quantitative estimate of drug-likeness (QED) is 0.746. The van der Waals surface area contributed by atoms with Gasteiger partial charge in [-0.25, -0.2) is 15.0 Å². The smallest absolute Gasteiger partial charge is 0.151 e. The van der Waals surface area contributed by atoms with Crippen LogP contribution in [0.15, 0.2) is 36.7 Å². The van der Waals surface area contributed by atoms with E-state index in [2.05, 4.69) is 34.5 Å². The summed E-state index contributed by atoms with van der Waals surface area (Å²) in [4.78, 5) is 16.4. The summed E-state index contributed by atoms with van der Waals surface area (Å²) in [6, 6.07) is 8.55. The number of fused-ring (bicyclic) bond motifs is 1. The number of aryl methyl sites for hydroxylation is 2. The summed E-state index contributed by atoms with van der Waals surface area (Å²) in [5, 5.41) is 0. The molecule has 3 heterocycles. The van der Waals surface area contributed by atoms with Crippen molar-refractivity contribution in [1.82, 2.24) is 19.5 Å². The van der Waals surface area contributed by atoms with Crippen LogP contribution >= 0.6 is 0 Å². The van der Waals surface area contributed by atoms with Crippen LogP contribution in [0.1, 0.15) is 24.4 Å². The van der Waals surface area contributed by atoms with Crippen LogP contribution in [-0.2, 0) is 6.54 Å². The maximum Gasteiger partial charge on any atom is 0.151 e. The molecule has 0 N–H and O–H groups in total. The maximum atomic E-state index is 4.90. The molecule has 0 radical (unpaired) electrons. The Morgan fingerprint density at radius 1 is 1.13 bits per heavy atom. The number of hydrogen-bond acceptors (Lipinski definition) is 4. The van der Waals surface area contributed by atoms with Crippen LogP contribution in [0.4, 0.5) is 5.82 Å². The van der Waals surface area contributed by atoms with Crippen molar-refractivity contribution < 1.29 is 0 Å². The van der Waals surface area contributed by atoms with E-state index < -0.39 is 0 Å². The Morgan fingerprint density at radius 3 is 2.65 bits per heavy atom. The fourth-order valence-electron chi connectivity index (χ4n) is 3.48. The molecule has 2 aromatic heterocycles. The second-order valence-corrected chi connectivity index (χ2v) is 6.24. The van der Waals surface area contributed by atoms with E-state index in [1.165, 1.54) is 12.8 Å². The van der Waals surface area contributed by atoms with Crippen LogP contribution in [0.2, 0.25) is 0 Å². The first-order chi connectivity index (χ1) is 11.2. The van der Waals surface area contributed by atoms with Gasteiger partial charge in [-0.2, -0.15) is 0 Å². The van der Waals surface area contributed by atoms with Crippen molar-refractivity contribution in [3.63, 3.8) is 0 Å². The number of aromatic nitrogens is 4. The number of anilines is 1. The third kappa shape index (κ3) is 2.56. The van der Waals surface area contributed by atoms with Gasteiger partial charge in [-0.3, -0.25) is 0 Å². The summed E-state index contributed by atoms with van der Waals surface area (Å²) in [7, 11) is 0. The molecule has 0 amide bonds. The van der Waals surface area contributed by atoms with Gasteiger partial charge >= 0.3 is 0 Å². The monoisotopic (exact) mass is 307 g/mol. The minimum absolute atomic E-state index is 0.456. The van der Waals surface area contributed by atoms with Gasteiger partial charge in [0.25, 0.3) is 0 Å². The molecule has 1 fully saturated rings. The first kappa shape index (κ1) is 14.2. The van der Waals surface area contributed by atoms with E-state index in [1.807, 2.05) is 30.5 Å². The number of para-hydroxylation sites is 2. The molecule has 1 aromatic carbocycles. The van der Waals surface area contributed by atoms with E-state index in [4.69, 9.17) is 9.97 Å². The van der Waals surface area contributed by atoms with Crippen molar-refractivity contribution in [3.05, 3.63) is 48.2 Å². The zero-order chi connectivity index (χ0) is 15.8. The fraction of sp³-hybridized carbons (Fsp3) is 0.389. The van der Waals surface area contributed by atoms with Gasteiger partial charge in [-0.1, -0.05) is 12.1 Å². The second kappa shape index (κ2) is 5.65. The molecule has 1 saturated heterocycles. The first-order valence-corrected chi connectivity index (χ1v) is 8.20.